The molecule has 0 atom stereocenters. The molecule has 9 heavy (non-hydrogen) atoms. The van der Waals surface area contributed by atoms with Crippen LogP contribution in [0, 0.1) is 0 Å². The van der Waals surface area contributed by atoms with Gasteiger partial charge in [0, 0.05) is 0 Å². The van der Waals surface area contributed by atoms with Crippen molar-refractivity contribution in [2.45, 2.75) is 0 Å². The highest BCUT2D eigenvalue weighted by molar-refractivity contribution is 7.85. The van der Waals surface area contributed by atoms with Crippen LogP contribution in [0.2, 0.25) is 0 Å². The van der Waals surface area contributed by atoms with Gasteiger partial charge in [-0.2, -0.15) is 8.42 Å². The molecule has 0 aliphatic heterocycles. The van der Waals surface area contributed by atoms with E-state index in [-0.39, 0.29) is 12.9 Å². The lowest BCUT2D eigenvalue weighted by atomic mass is 10.7. The van der Waals surface area contributed by atoms with Gasteiger partial charge in [0.2, 0.25) is 0 Å². The first kappa shape index (κ1) is 8.58. The molecule has 0 radical (unpaired) electrons. The van der Waals surface area contributed by atoms with Crippen molar-refractivity contribution < 1.29 is 17.0 Å². The largest absolute Gasteiger partial charge is 0.266 e. The summed E-state index contributed by atoms with van der Waals surface area (Å²) in [6.07, 6.45) is 2.09. The Kier molecular flexibility index (Phi) is 3.41. The summed E-state index contributed by atoms with van der Waals surface area (Å²) in [5.41, 5.74) is 0. The minimum absolute atomic E-state index is 0.227. The maximum atomic E-state index is 11.1. The van der Waals surface area contributed by atoms with Gasteiger partial charge in [-0.05, 0) is 6.08 Å². The third kappa shape index (κ3) is 7.58. The van der Waals surface area contributed by atoms with Crippen LogP contribution in [-0.4, -0.2) is 21.3 Å². The van der Waals surface area contributed by atoms with Crippen LogP contribution in [0.25, 0.3) is 0 Å². The zero-order chi connectivity index (χ0) is 7.33. The summed E-state index contributed by atoms with van der Waals surface area (Å²) in [5, 5.41) is 0. The molecule has 54 valence electrons. The van der Waals surface area contributed by atoms with Crippen LogP contribution in [0.5, 0.6) is 0 Å². The van der Waals surface area contributed by atoms with Gasteiger partial charge in [0.1, 0.15) is 0 Å². The molecule has 0 aliphatic rings. The van der Waals surface area contributed by atoms with Gasteiger partial charge < -0.3 is 0 Å². The summed E-state index contributed by atoms with van der Waals surface area (Å²) in [6.45, 7) is -0.241. The van der Waals surface area contributed by atoms with Gasteiger partial charge in [-0.1, -0.05) is 0 Å². The number of hydrogen-bond donors (Lipinski definition) is 0. The summed E-state index contributed by atoms with van der Waals surface area (Å²) >= 11 is 0. The smallest absolute Gasteiger partial charge is 0.264 e. The van der Waals surface area contributed by atoms with Crippen molar-refractivity contribution in [3.8, 4) is 0 Å². The molecule has 0 unspecified atom stereocenters. The van der Waals surface area contributed by atoms with E-state index in [1.165, 1.54) is 0 Å². The van der Waals surface area contributed by atoms with Crippen molar-refractivity contribution in [1.29, 1.82) is 0 Å². The maximum absolute atomic E-state index is 11.1. The molecule has 5 heteroatoms. The molecule has 0 saturated heterocycles. The Bertz CT molecular complexity index is 182. The van der Waals surface area contributed by atoms with E-state index in [4.69, 9.17) is 0 Å². The summed E-state index contributed by atoms with van der Waals surface area (Å²) in [7, 11) is -3.41. The first-order chi connectivity index (χ1) is 4.06. The Hall–Kier alpha value is -0.420. The van der Waals surface area contributed by atoms with Gasteiger partial charge in [-0.3, -0.25) is 4.18 Å². The molecule has 0 fully saturated rings. The molecule has 0 rings (SSSR count). The standard InChI is InChI=1S/C4H7FO3S/c1-9(6,7)8-4-2-3-5/h2-3H,4H2,1H3/b3-2+. The van der Waals surface area contributed by atoms with Gasteiger partial charge in [-0.25, -0.2) is 4.39 Å². The summed E-state index contributed by atoms with van der Waals surface area (Å²) in [5.74, 6) is 0. The van der Waals surface area contributed by atoms with E-state index >= 15 is 0 Å². The number of rotatable bonds is 3. The average molecular weight is 154 g/mol. The molecule has 0 N–H and O–H groups in total. The molecule has 0 aliphatic carbocycles. The highest BCUT2D eigenvalue weighted by Gasteiger charge is 1.96. The van der Waals surface area contributed by atoms with E-state index < -0.39 is 10.1 Å². The van der Waals surface area contributed by atoms with Gasteiger partial charge in [0.05, 0.1) is 19.2 Å². The van der Waals surface area contributed by atoms with Crippen LogP contribution in [0.1, 0.15) is 0 Å². The van der Waals surface area contributed by atoms with E-state index in [1.807, 2.05) is 0 Å². The van der Waals surface area contributed by atoms with Crippen molar-refractivity contribution in [2.24, 2.45) is 0 Å². The fourth-order valence-electron chi connectivity index (χ4n) is 0.199. The Balaban J connectivity index is 3.53. The van der Waals surface area contributed by atoms with Crippen LogP contribution in [0.4, 0.5) is 4.39 Å². The Morgan fingerprint density at radius 3 is 2.56 bits per heavy atom. The van der Waals surface area contributed by atoms with Crippen molar-refractivity contribution in [1.82, 2.24) is 0 Å². The van der Waals surface area contributed by atoms with Crippen molar-refractivity contribution in [3.63, 3.8) is 0 Å². The van der Waals surface area contributed by atoms with Crippen LogP contribution < -0.4 is 0 Å². The van der Waals surface area contributed by atoms with E-state index in [2.05, 4.69) is 4.18 Å². The average Bonchev–Trinajstić information content (AvgIpc) is 1.63. The Labute approximate surface area is 53.3 Å². The SMILES string of the molecule is CS(=O)(=O)OC/C=C/F. The second kappa shape index (κ2) is 3.58. The molecular weight excluding hydrogens is 147 g/mol. The van der Waals surface area contributed by atoms with Crippen molar-refractivity contribution >= 4 is 10.1 Å². The fourth-order valence-corrected chi connectivity index (χ4v) is 0.525. The second-order valence-electron chi connectivity index (χ2n) is 1.35. The van der Waals surface area contributed by atoms with E-state index in [0.717, 1.165) is 12.3 Å². The highest BCUT2D eigenvalue weighted by Crippen LogP contribution is 1.86. The molecule has 0 aromatic carbocycles. The van der Waals surface area contributed by atoms with E-state index in [0.29, 0.717) is 0 Å². The first-order valence-corrected chi connectivity index (χ1v) is 3.97. The number of halogens is 1. The fraction of sp³-hybridized carbons (Fsp3) is 0.500. The van der Waals surface area contributed by atoms with Crippen LogP contribution in [0.15, 0.2) is 12.4 Å². The summed E-state index contributed by atoms with van der Waals surface area (Å²) in [4.78, 5) is 0. The first-order valence-electron chi connectivity index (χ1n) is 2.16. The lowest BCUT2D eigenvalue weighted by molar-refractivity contribution is 0.360. The monoisotopic (exact) mass is 154 g/mol. The van der Waals surface area contributed by atoms with Gasteiger partial charge >= 0.3 is 0 Å². The molecule has 0 saturated carbocycles. The Morgan fingerprint density at radius 2 is 2.22 bits per heavy atom. The molecule has 0 aromatic rings. The third-order valence-electron chi connectivity index (χ3n) is 0.467. The Morgan fingerprint density at radius 1 is 1.67 bits per heavy atom. The molecule has 0 bridgehead atoms. The van der Waals surface area contributed by atoms with Crippen LogP contribution in [-0.2, 0) is 14.3 Å². The highest BCUT2D eigenvalue weighted by atomic mass is 32.2. The van der Waals surface area contributed by atoms with Crippen LogP contribution >= 0.6 is 0 Å². The predicted molar refractivity (Wildman–Crippen MR) is 31.0 cm³/mol. The molecule has 0 spiro atoms. The summed E-state index contributed by atoms with van der Waals surface area (Å²) < 4.78 is 35.5. The zero-order valence-electron chi connectivity index (χ0n) is 4.87. The summed E-state index contributed by atoms with van der Waals surface area (Å²) in [6, 6.07) is 0. The number of hydrogen-bond acceptors (Lipinski definition) is 3. The van der Waals surface area contributed by atoms with Gasteiger partial charge in [0.15, 0.2) is 0 Å². The third-order valence-corrected chi connectivity index (χ3v) is 1.03. The zero-order valence-corrected chi connectivity index (χ0v) is 5.69. The maximum Gasteiger partial charge on any atom is 0.264 e. The second-order valence-corrected chi connectivity index (χ2v) is 2.99. The lowest BCUT2D eigenvalue weighted by Crippen LogP contribution is -2.01. The normalized spacial score (nSPS) is 12.7. The van der Waals surface area contributed by atoms with Gasteiger partial charge in [-0.15, -0.1) is 0 Å². The molecule has 3 nitrogen and oxygen atoms in total. The topological polar surface area (TPSA) is 43.4 Å². The molecular formula is C4H7FO3S. The van der Waals surface area contributed by atoms with Crippen molar-refractivity contribution in [3.05, 3.63) is 12.4 Å². The predicted octanol–water partition coefficient (Wildman–Crippen LogP) is 0.446. The molecule has 0 amide bonds. The van der Waals surface area contributed by atoms with Crippen molar-refractivity contribution in [2.75, 3.05) is 12.9 Å². The van der Waals surface area contributed by atoms with Gasteiger partial charge in [0.25, 0.3) is 10.1 Å². The minimum Gasteiger partial charge on any atom is -0.266 e. The molecule has 0 aromatic heterocycles. The van der Waals surface area contributed by atoms with E-state index in [9.17, 15) is 12.8 Å². The lowest BCUT2D eigenvalue weighted by Gasteiger charge is -1.92. The van der Waals surface area contributed by atoms with E-state index in [1.54, 1.807) is 0 Å². The quantitative estimate of drug-likeness (QED) is 0.554. The van der Waals surface area contributed by atoms with Crippen LogP contribution in [0.3, 0.4) is 0 Å². The minimum atomic E-state index is -3.41. The molecule has 0 heterocycles.